The molecule has 9 heteroatoms. The van der Waals surface area contributed by atoms with Crippen LogP contribution in [0.25, 0.3) is 0 Å². The van der Waals surface area contributed by atoms with Crippen molar-refractivity contribution >= 4 is 40.0 Å². The number of hydrogen-bond donors (Lipinski definition) is 2. The number of methoxy groups -OCH3 is 1. The molecule has 2 aromatic rings. The number of rotatable bonds is 5. The number of nitrogens with zero attached hydrogens (tertiary/aromatic N) is 1. The number of carbonyl (C=O) groups excluding carboxylic acids is 3. The highest BCUT2D eigenvalue weighted by Gasteiger charge is 2.19. The number of hydrogen-bond acceptors (Lipinski definition) is 7. The van der Waals surface area contributed by atoms with E-state index in [-0.39, 0.29) is 12.2 Å². The van der Waals surface area contributed by atoms with Crippen molar-refractivity contribution < 1.29 is 23.9 Å². The van der Waals surface area contributed by atoms with Crippen molar-refractivity contribution in [1.82, 2.24) is 4.98 Å². The molecule has 0 saturated carbocycles. The molecule has 0 unspecified atom stereocenters. The Morgan fingerprint density at radius 2 is 1.96 bits per heavy atom. The average molecular weight is 363 g/mol. The normalized spacial score (nSPS) is 10.0. The minimum Gasteiger partial charge on any atom is -0.465 e. The number of aryl methyl sites for hydroxylation is 1. The van der Waals surface area contributed by atoms with Crippen LogP contribution in [0.2, 0.25) is 0 Å². The highest BCUT2D eigenvalue weighted by atomic mass is 32.1. The van der Waals surface area contributed by atoms with E-state index in [0.717, 1.165) is 0 Å². The summed E-state index contributed by atoms with van der Waals surface area (Å²) in [5.41, 5.74) is 1.56. The molecule has 0 saturated heterocycles. The van der Waals surface area contributed by atoms with Crippen LogP contribution in [-0.4, -0.2) is 36.7 Å². The fourth-order valence-corrected chi connectivity index (χ4v) is 2.92. The van der Waals surface area contributed by atoms with E-state index in [4.69, 9.17) is 4.74 Å². The van der Waals surface area contributed by atoms with Gasteiger partial charge in [-0.15, -0.1) is 11.3 Å². The van der Waals surface area contributed by atoms with Gasteiger partial charge in [0.2, 0.25) is 0 Å². The van der Waals surface area contributed by atoms with E-state index in [2.05, 4.69) is 20.4 Å². The molecule has 2 N–H and O–H groups in total. The summed E-state index contributed by atoms with van der Waals surface area (Å²) in [4.78, 5) is 39.5. The van der Waals surface area contributed by atoms with Crippen LogP contribution in [0.15, 0.2) is 23.8 Å². The molecule has 0 bridgehead atoms. The van der Waals surface area contributed by atoms with Gasteiger partial charge in [-0.2, -0.15) is 0 Å². The van der Waals surface area contributed by atoms with E-state index < -0.39 is 18.0 Å². The van der Waals surface area contributed by atoms with Crippen LogP contribution in [-0.2, 0) is 9.47 Å². The Morgan fingerprint density at radius 3 is 2.64 bits per heavy atom. The summed E-state index contributed by atoms with van der Waals surface area (Å²) in [6.45, 7) is 3.71. The molecule has 2 heterocycles. The van der Waals surface area contributed by atoms with Crippen molar-refractivity contribution in [1.29, 1.82) is 0 Å². The van der Waals surface area contributed by atoms with E-state index in [1.807, 2.05) is 0 Å². The van der Waals surface area contributed by atoms with Crippen LogP contribution in [0, 0.1) is 6.92 Å². The van der Waals surface area contributed by atoms with Crippen LogP contribution in [0.4, 0.5) is 15.5 Å². The van der Waals surface area contributed by atoms with Gasteiger partial charge in [-0.1, -0.05) is 0 Å². The summed E-state index contributed by atoms with van der Waals surface area (Å²) in [6.07, 6.45) is 2.72. The molecule has 8 nitrogen and oxygen atoms in total. The van der Waals surface area contributed by atoms with Gasteiger partial charge in [0, 0.05) is 6.20 Å². The van der Waals surface area contributed by atoms with Crippen LogP contribution in [0.5, 0.6) is 0 Å². The van der Waals surface area contributed by atoms with Crippen LogP contribution >= 0.6 is 11.3 Å². The monoisotopic (exact) mass is 363 g/mol. The van der Waals surface area contributed by atoms with Crippen molar-refractivity contribution in [3.63, 3.8) is 0 Å². The van der Waals surface area contributed by atoms with Gasteiger partial charge >= 0.3 is 18.0 Å². The molecule has 0 radical (unpaired) electrons. The first-order chi connectivity index (χ1) is 12.0. The van der Waals surface area contributed by atoms with Gasteiger partial charge in [0.05, 0.1) is 36.7 Å². The molecule has 0 spiro atoms. The summed E-state index contributed by atoms with van der Waals surface area (Å²) in [7, 11) is 1.26. The van der Waals surface area contributed by atoms with E-state index in [1.165, 1.54) is 36.9 Å². The van der Waals surface area contributed by atoms with E-state index >= 15 is 0 Å². The lowest BCUT2D eigenvalue weighted by atomic mass is 10.2. The quantitative estimate of drug-likeness (QED) is 0.791. The van der Waals surface area contributed by atoms with E-state index in [1.54, 1.807) is 19.2 Å². The van der Waals surface area contributed by atoms with Crippen molar-refractivity contribution in [2.24, 2.45) is 0 Å². The molecule has 132 valence electrons. The van der Waals surface area contributed by atoms with E-state index in [9.17, 15) is 14.4 Å². The number of anilines is 2. The van der Waals surface area contributed by atoms with Gasteiger partial charge in [0.1, 0.15) is 5.00 Å². The Balaban J connectivity index is 2.11. The van der Waals surface area contributed by atoms with Gasteiger partial charge in [-0.05, 0) is 30.9 Å². The number of urea groups is 1. The number of amides is 2. The molecule has 0 atom stereocenters. The van der Waals surface area contributed by atoms with Gasteiger partial charge in [-0.25, -0.2) is 14.4 Å². The molecule has 0 aliphatic carbocycles. The molecule has 0 fully saturated rings. The Morgan fingerprint density at radius 1 is 1.20 bits per heavy atom. The van der Waals surface area contributed by atoms with Crippen molar-refractivity contribution in [2.45, 2.75) is 13.8 Å². The molecule has 0 aliphatic heterocycles. The number of pyridine rings is 1. The Hall–Kier alpha value is -2.94. The molecule has 0 aromatic carbocycles. The predicted octanol–water partition coefficient (Wildman–Crippen LogP) is 3.06. The summed E-state index contributed by atoms with van der Waals surface area (Å²) < 4.78 is 9.60. The second-order valence-corrected chi connectivity index (χ2v) is 5.76. The Labute approximate surface area is 148 Å². The third-order valence-electron chi connectivity index (χ3n) is 3.10. The molecule has 0 aliphatic rings. The van der Waals surface area contributed by atoms with Crippen molar-refractivity contribution in [3.05, 3.63) is 40.5 Å². The summed E-state index contributed by atoms with van der Waals surface area (Å²) in [5, 5.41) is 7.29. The molecule has 2 aromatic heterocycles. The lowest BCUT2D eigenvalue weighted by Gasteiger charge is -2.09. The SMILES string of the molecule is CCOC(=O)c1c(C)csc1NC(=O)Nc1cncc(C(=O)OC)c1. The first-order valence-corrected chi connectivity index (χ1v) is 8.20. The predicted molar refractivity (Wildman–Crippen MR) is 93.2 cm³/mol. The largest absolute Gasteiger partial charge is 0.465 e. The minimum atomic E-state index is -0.573. The summed E-state index contributed by atoms with van der Waals surface area (Å²) >= 11 is 1.22. The second kappa shape index (κ2) is 8.25. The number of carbonyl (C=O) groups is 3. The number of esters is 2. The zero-order chi connectivity index (χ0) is 18.4. The lowest BCUT2D eigenvalue weighted by Crippen LogP contribution is -2.21. The van der Waals surface area contributed by atoms with Crippen LogP contribution in [0.3, 0.4) is 0 Å². The maximum atomic E-state index is 12.2. The van der Waals surface area contributed by atoms with Crippen LogP contribution < -0.4 is 10.6 Å². The summed E-state index contributed by atoms with van der Waals surface area (Å²) in [5.74, 6) is -1.05. The molecule has 25 heavy (non-hydrogen) atoms. The zero-order valence-electron chi connectivity index (χ0n) is 13.9. The fourth-order valence-electron chi connectivity index (χ4n) is 2.00. The van der Waals surface area contributed by atoms with Crippen molar-refractivity contribution in [3.8, 4) is 0 Å². The highest BCUT2D eigenvalue weighted by Crippen LogP contribution is 2.28. The van der Waals surface area contributed by atoms with Gasteiger partial charge in [-0.3, -0.25) is 10.3 Å². The molecular weight excluding hydrogens is 346 g/mol. The first-order valence-electron chi connectivity index (χ1n) is 7.32. The summed E-state index contributed by atoms with van der Waals surface area (Å²) in [6, 6.07) is 0.862. The Bertz CT molecular complexity index is 803. The number of ether oxygens (including phenoxy) is 2. The molecular formula is C16H17N3O5S. The topological polar surface area (TPSA) is 107 Å². The number of aromatic nitrogens is 1. The van der Waals surface area contributed by atoms with Crippen molar-refractivity contribution in [2.75, 3.05) is 24.4 Å². The first kappa shape index (κ1) is 18.4. The maximum Gasteiger partial charge on any atom is 0.341 e. The van der Waals surface area contributed by atoms with Gasteiger partial charge in [0.15, 0.2) is 0 Å². The van der Waals surface area contributed by atoms with E-state index in [0.29, 0.717) is 21.8 Å². The zero-order valence-corrected chi connectivity index (χ0v) is 14.7. The fraction of sp³-hybridized carbons (Fsp3) is 0.250. The third-order valence-corrected chi connectivity index (χ3v) is 4.11. The highest BCUT2D eigenvalue weighted by molar-refractivity contribution is 7.15. The molecule has 2 amide bonds. The number of thiophene rings is 1. The standard InChI is InChI=1S/C16H17N3O5S/c1-4-24-15(21)12-9(2)8-25-13(12)19-16(22)18-11-5-10(6-17-7-11)14(20)23-3/h5-8H,4H2,1-3H3,(H2,18,19,22). The minimum absolute atomic E-state index is 0.208. The average Bonchev–Trinajstić information content (AvgIpc) is 2.94. The number of nitrogens with one attached hydrogen (secondary N) is 2. The maximum absolute atomic E-state index is 12.2. The van der Waals surface area contributed by atoms with Gasteiger partial charge in [0.25, 0.3) is 0 Å². The Kier molecular flexibility index (Phi) is 6.07. The third kappa shape index (κ3) is 4.54. The second-order valence-electron chi connectivity index (χ2n) is 4.88. The smallest absolute Gasteiger partial charge is 0.341 e. The lowest BCUT2D eigenvalue weighted by molar-refractivity contribution is 0.0526. The van der Waals surface area contributed by atoms with Crippen LogP contribution in [0.1, 0.15) is 33.2 Å². The van der Waals surface area contributed by atoms with Gasteiger partial charge < -0.3 is 14.8 Å². The molecule has 2 rings (SSSR count).